The van der Waals surface area contributed by atoms with Crippen molar-refractivity contribution in [2.75, 3.05) is 5.32 Å². The van der Waals surface area contributed by atoms with Gasteiger partial charge in [-0.3, -0.25) is 9.59 Å². The van der Waals surface area contributed by atoms with Crippen molar-refractivity contribution >= 4 is 41.5 Å². The van der Waals surface area contributed by atoms with Crippen molar-refractivity contribution in [1.29, 1.82) is 0 Å². The molecule has 2 heterocycles. The number of aromatic amines is 1. The number of ether oxygens (including phenoxy) is 2. The fourth-order valence-corrected chi connectivity index (χ4v) is 7.85. The first kappa shape index (κ1) is 34.2. The van der Waals surface area contributed by atoms with Gasteiger partial charge in [0, 0.05) is 19.5 Å². The topological polar surface area (TPSA) is 139 Å². The van der Waals surface area contributed by atoms with Gasteiger partial charge in [-0.15, -0.1) is 0 Å². The van der Waals surface area contributed by atoms with Crippen molar-refractivity contribution in [1.82, 2.24) is 10.3 Å². The Morgan fingerprint density at radius 3 is 1.69 bits per heavy atom. The Bertz CT molecular complexity index is 1430. The SMILES string of the molecule is CC(=O)NC1=N/C(=C\c2[nH]c(NC(C)=O)c(C(=O)OC3C(C)CC(C)CC3C)c2C)C(C)=C1C(=O)OC1C(C)CC(C)CC1C. The van der Waals surface area contributed by atoms with Crippen LogP contribution in [0.1, 0.15) is 110 Å². The maximum absolute atomic E-state index is 13.6. The smallest absolute Gasteiger partial charge is 0.342 e. The largest absolute Gasteiger partial charge is 0.458 e. The molecule has 1 aliphatic heterocycles. The number of anilines is 1. The Labute approximate surface area is 266 Å². The number of carbonyl (C=O) groups is 4. The molecule has 4 rings (SSSR count). The summed E-state index contributed by atoms with van der Waals surface area (Å²) in [5.41, 5.74) is 2.49. The minimum atomic E-state index is -0.530. The van der Waals surface area contributed by atoms with Crippen molar-refractivity contribution in [3.05, 3.63) is 33.7 Å². The molecule has 0 saturated heterocycles. The second kappa shape index (κ2) is 13.7. The van der Waals surface area contributed by atoms with Gasteiger partial charge in [-0.1, -0.05) is 41.5 Å². The molecule has 4 unspecified atom stereocenters. The summed E-state index contributed by atoms with van der Waals surface area (Å²) in [6, 6.07) is 0. The summed E-state index contributed by atoms with van der Waals surface area (Å²) in [6.45, 7) is 19.1. The molecule has 45 heavy (non-hydrogen) atoms. The summed E-state index contributed by atoms with van der Waals surface area (Å²) in [5.74, 6) is 0.599. The second-order valence-corrected chi connectivity index (χ2v) is 14.1. The minimum absolute atomic E-state index is 0.126. The van der Waals surface area contributed by atoms with Crippen molar-refractivity contribution in [3.8, 4) is 0 Å². The highest BCUT2D eigenvalue weighted by molar-refractivity contribution is 6.25. The molecule has 0 aromatic carbocycles. The first-order valence-corrected chi connectivity index (χ1v) is 16.3. The van der Waals surface area contributed by atoms with E-state index in [2.05, 4.69) is 62.2 Å². The normalized spacial score (nSPS) is 31.0. The molecule has 2 aliphatic carbocycles. The number of allylic oxidation sites excluding steroid dienone is 1. The zero-order valence-electron chi connectivity index (χ0n) is 28.4. The third kappa shape index (κ3) is 7.59. The Hall–Kier alpha value is -3.69. The van der Waals surface area contributed by atoms with Gasteiger partial charge in [0.2, 0.25) is 11.8 Å². The molecule has 0 radical (unpaired) electrons. The van der Waals surface area contributed by atoms with Crippen LogP contribution in [0.3, 0.4) is 0 Å². The Morgan fingerprint density at radius 1 is 0.756 bits per heavy atom. The highest BCUT2D eigenvalue weighted by Gasteiger charge is 2.38. The number of aromatic nitrogens is 1. The molecule has 0 bridgehead atoms. The maximum Gasteiger partial charge on any atom is 0.342 e. The third-order valence-corrected chi connectivity index (χ3v) is 9.63. The van der Waals surface area contributed by atoms with Crippen LogP contribution in [0.2, 0.25) is 0 Å². The molecule has 1 aromatic rings. The number of H-pyrrole nitrogens is 1. The van der Waals surface area contributed by atoms with E-state index < -0.39 is 11.9 Å². The summed E-state index contributed by atoms with van der Waals surface area (Å²) in [5, 5.41) is 5.42. The van der Waals surface area contributed by atoms with Gasteiger partial charge in [-0.25, -0.2) is 14.6 Å². The molecule has 2 fully saturated rings. The highest BCUT2D eigenvalue weighted by atomic mass is 16.5. The van der Waals surface area contributed by atoms with E-state index in [1.807, 2.05) is 0 Å². The molecular weight excluding hydrogens is 572 g/mol. The Kier molecular flexibility index (Phi) is 10.4. The Morgan fingerprint density at radius 2 is 1.22 bits per heavy atom. The van der Waals surface area contributed by atoms with Crippen molar-refractivity contribution in [3.63, 3.8) is 0 Å². The van der Waals surface area contributed by atoms with Gasteiger partial charge in [0.15, 0.2) is 0 Å². The predicted octanol–water partition coefficient (Wildman–Crippen LogP) is 6.33. The maximum atomic E-state index is 13.6. The summed E-state index contributed by atoms with van der Waals surface area (Å²) in [6.07, 6.45) is 5.15. The van der Waals surface area contributed by atoms with Gasteiger partial charge in [-0.2, -0.15) is 0 Å². The summed E-state index contributed by atoms with van der Waals surface area (Å²) in [4.78, 5) is 59.2. The molecular formula is C35H50N4O6. The number of carbonyl (C=O) groups excluding carboxylic acids is 4. The van der Waals surface area contributed by atoms with Crippen LogP contribution in [0, 0.1) is 42.4 Å². The predicted molar refractivity (Wildman–Crippen MR) is 174 cm³/mol. The molecule has 3 aliphatic rings. The quantitative estimate of drug-likeness (QED) is 0.317. The lowest BCUT2D eigenvalue weighted by Crippen LogP contribution is -2.39. The minimum Gasteiger partial charge on any atom is -0.458 e. The van der Waals surface area contributed by atoms with Crippen LogP contribution in [0.4, 0.5) is 5.82 Å². The molecule has 1 aromatic heterocycles. The number of hydrogen-bond donors (Lipinski definition) is 3. The highest BCUT2D eigenvalue weighted by Crippen LogP contribution is 2.38. The molecule has 10 heteroatoms. The summed E-state index contributed by atoms with van der Waals surface area (Å²) >= 11 is 0. The van der Waals surface area contributed by atoms with Gasteiger partial charge in [0.1, 0.15) is 35.0 Å². The lowest BCUT2D eigenvalue weighted by molar-refractivity contribution is -0.152. The number of nitrogens with one attached hydrogen (secondary N) is 3. The zero-order chi connectivity index (χ0) is 33.3. The standard InChI is InChI=1S/C35H50N4O6/c1-16-11-18(3)30(19(4)12-16)44-34(42)28-22(7)26(38-32(28)36-24(9)40)15-27-23(8)29(33(39-27)37-25(10)41)35(43)45-31-20(5)13-17(2)14-21(31)6/h15-21,30-31,38H,11-14H2,1-10H3,(H,36,40)(H,37,39,41)/b27-15-. The average molecular weight is 623 g/mol. The van der Waals surface area contributed by atoms with Gasteiger partial charge in [0.25, 0.3) is 0 Å². The summed E-state index contributed by atoms with van der Waals surface area (Å²) < 4.78 is 12.2. The van der Waals surface area contributed by atoms with Gasteiger partial charge in [-0.05, 0) is 92.3 Å². The van der Waals surface area contributed by atoms with Crippen molar-refractivity contribution in [2.24, 2.45) is 40.5 Å². The summed E-state index contributed by atoms with van der Waals surface area (Å²) in [7, 11) is 0. The lowest BCUT2D eigenvalue weighted by Gasteiger charge is -2.37. The number of aliphatic imine (C=N–C) groups is 1. The van der Waals surface area contributed by atoms with Crippen LogP contribution in [-0.2, 0) is 23.9 Å². The Balaban J connectivity index is 1.68. The van der Waals surface area contributed by atoms with Crippen molar-refractivity contribution < 1.29 is 28.7 Å². The van der Waals surface area contributed by atoms with E-state index in [0.29, 0.717) is 34.4 Å². The van der Waals surface area contributed by atoms with E-state index in [-0.39, 0.29) is 70.5 Å². The van der Waals surface area contributed by atoms with Crippen molar-refractivity contribution in [2.45, 2.75) is 107 Å². The molecule has 246 valence electrons. The van der Waals surface area contributed by atoms with E-state index in [4.69, 9.17) is 9.47 Å². The zero-order valence-corrected chi connectivity index (χ0v) is 28.4. The first-order valence-electron chi connectivity index (χ1n) is 16.3. The van der Waals surface area contributed by atoms with E-state index in [9.17, 15) is 19.2 Å². The second-order valence-electron chi connectivity index (χ2n) is 14.1. The lowest BCUT2D eigenvalue weighted by atomic mass is 9.75. The number of amides is 2. The van der Waals surface area contributed by atoms with Crippen LogP contribution in [-0.4, -0.2) is 46.8 Å². The number of hydrogen-bond acceptors (Lipinski definition) is 7. The number of nitrogens with zero attached hydrogens (tertiary/aromatic N) is 1. The fourth-order valence-electron chi connectivity index (χ4n) is 7.85. The first-order chi connectivity index (χ1) is 21.1. The van der Waals surface area contributed by atoms with Crippen LogP contribution < -0.4 is 10.6 Å². The van der Waals surface area contributed by atoms with Gasteiger partial charge >= 0.3 is 11.9 Å². The van der Waals surface area contributed by atoms with E-state index in [1.165, 1.54) is 13.8 Å². The number of amidine groups is 1. The number of esters is 2. The van der Waals surface area contributed by atoms with Crippen LogP contribution in [0.15, 0.2) is 21.8 Å². The molecule has 2 amide bonds. The van der Waals surface area contributed by atoms with E-state index in [1.54, 1.807) is 19.9 Å². The van der Waals surface area contributed by atoms with Crippen LogP contribution in [0.25, 0.3) is 6.08 Å². The molecule has 2 saturated carbocycles. The van der Waals surface area contributed by atoms with E-state index >= 15 is 0 Å². The molecule has 0 spiro atoms. The van der Waals surface area contributed by atoms with Gasteiger partial charge < -0.3 is 25.1 Å². The molecule has 10 nitrogen and oxygen atoms in total. The average Bonchev–Trinajstić information content (AvgIpc) is 3.37. The van der Waals surface area contributed by atoms with Gasteiger partial charge in [0.05, 0.1) is 5.70 Å². The third-order valence-electron chi connectivity index (χ3n) is 9.63. The fraction of sp³-hybridized carbons (Fsp3) is 0.629. The monoisotopic (exact) mass is 622 g/mol. The molecule has 3 N–H and O–H groups in total. The van der Waals surface area contributed by atoms with E-state index in [0.717, 1.165) is 25.7 Å². The van der Waals surface area contributed by atoms with Crippen LogP contribution in [0.5, 0.6) is 0 Å². The molecule has 4 atom stereocenters. The van der Waals surface area contributed by atoms with Crippen LogP contribution >= 0.6 is 0 Å². The number of rotatable bonds is 6.